The molecule has 10 heteroatoms. The number of sulfonamides is 1. The first-order valence-electron chi connectivity index (χ1n) is 15.8. The number of rotatable bonds is 12. The number of hydrogen-bond acceptors (Lipinski definition) is 4. The molecule has 246 valence electrons. The summed E-state index contributed by atoms with van der Waals surface area (Å²) in [5.41, 5.74) is 2.44. The van der Waals surface area contributed by atoms with E-state index in [-0.39, 0.29) is 29.8 Å². The van der Waals surface area contributed by atoms with E-state index in [2.05, 4.69) is 5.32 Å². The molecule has 7 nitrogen and oxygen atoms in total. The normalized spacial score (nSPS) is 14.3. The fourth-order valence-electron chi connectivity index (χ4n) is 5.98. The molecule has 0 saturated heterocycles. The van der Waals surface area contributed by atoms with Crippen LogP contribution in [0.1, 0.15) is 48.8 Å². The second-order valence-electron chi connectivity index (χ2n) is 11.9. The minimum atomic E-state index is -4.25. The highest BCUT2D eigenvalue weighted by Crippen LogP contribution is 2.28. The zero-order chi connectivity index (χ0) is 33.4. The van der Waals surface area contributed by atoms with Crippen molar-refractivity contribution in [3.63, 3.8) is 0 Å². The molecule has 1 N–H and O–H groups in total. The minimum absolute atomic E-state index is 0.00829. The molecule has 2 amide bonds. The van der Waals surface area contributed by atoms with Crippen LogP contribution >= 0.6 is 11.6 Å². The van der Waals surface area contributed by atoms with E-state index >= 15 is 0 Å². The van der Waals surface area contributed by atoms with Gasteiger partial charge in [-0.05, 0) is 78.9 Å². The zero-order valence-corrected chi connectivity index (χ0v) is 27.9. The Kier molecular flexibility index (Phi) is 11.3. The van der Waals surface area contributed by atoms with Crippen molar-refractivity contribution in [2.75, 3.05) is 10.8 Å². The predicted octanol–water partition coefficient (Wildman–Crippen LogP) is 7.07. The van der Waals surface area contributed by atoms with E-state index in [4.69, 9.17) is 11.6 Å². The van der Waals surface area contributed by atoms with Crippen LogP contribution in [0.5, 0.6) is 0 Å². The SMILES string of the molecule is Cc1ccccc1N(CC(=O)N(Cc1ccc(F)cc1)C(Cc1ccccc1)C(=O)NC1CCCCC1)S(=O)(=O)c1ccc(Cl)cc1. The van der Waals surface area contributed by atoms with Crippen LogP contribution in [0.2, 0.25) is 5.02 Å². The fraction of sp³-hybridized carbons (Fsp3) is 0.297. The number of halogens is 2. The summed E-state index contributed by atoms with van der Waals surface area (Å²) in [6, 6.07) is 26.9. The molecular weight excluding hydrogens is 637 g/mol. The van der Waals surface area contributed by atoms with Gasteiger partial charge < -0.3 is 10.2 Å². The van der Waals surface area contributed by atoms with E-state index in [1.165, 1.54) is 41.3 Å². The Morgan fingerprint density at radius 3 is 2.15 bits per heavy atom. The molecule has 1 aliphatic rings. The van der Waals surface area contributed by atoms with Crippen molar-refractivity contribution >= 4 is 39.1 Å². The summed E-state index contributed by atoms with van der Waals surface area (Å²) in [4.78, 5) is 30.2. The van der Waals surface area contributed by atoms with Crippen molar-refractivity contribution in [3.05, 3.63) is 131 Å². The molecule has 1 atom stereocenters. The molecular formula is C37H39ClFN3O4S. The van der Waals surface area contributed by atoms with E-state index < -0.39 is 34.3 Å². The number of amides is 2. The van der Waals surface area contributed by atoms with Gasteiger partial charge in [0.05, 0.1) is 10.6 Å². The second kappa shape index (κ2) is 15.6. The first kappa shape index (κ1) is 34.1. The average molecular weight is 676 g/mol. The maximum Gasteiger partial charge on any atom is 0.264 e. The Labute approximate surface area is 281 Å². The van der Waals surface area contributed by atoms with Gasteiger partial charge in [0.1, 0.15) is 18.4 Å². The molecule has 1 unspecified atom stereocenters. The summed E-state index contributed by atoms with van der Waals surface area (Å²) in [7, 11) is -4.25. The Bertz CT molecular complexity index is 1760. The Balaban J connectivity index is 1.56. The molecule has 0 radical (unpaired) electrons. The van der Waals surface area contributed by atoms with Crippen molar-refractivity contribution in [2.45, 2.75) is 69.0 Å². The fourth-order valence-corrected chi connectivity index (χ4v) is 7.58. The predicted molar refractivity (Wildman–Crippen MR) is 183 cm³/mol. The molecule has 1 aliphatic carbocycles. The summed E-state index contributed by atoms with van der Waals surface area (Å²) in [5, 5.41) is 3.56. The van der Waals surface area contributed by atoms with Crippen LogP contribution in [0.15, 0.2) is 108 Å². The van der Waals surface area contributed by atoms with E-state index in [9.17, 15) is 22.4 Å². The lowest BCUT2D eigenvalue weighted by molar-refractivity contribution is -0.140. The van der Waals surface area contributed by atoms with Gasteiger partial charge in [-0.3, -0.25) is 13.9 Å². The van der Waals surface area contributed by atoms with Crippen LogP contribution in [0.25, 0.3) is 0 Å². The summed E-state index contributed by atoms with van der Waals surface area (Å²) in [6.45, 7) is 1.17. The lowest BCUT2D eigenvalue weighted by Crippen LogP contribution is -2.55. The maximum absolute atomic E-state index is 14.6. The summed E-state index contributed by atoms with van der Waals surface area (Å²) in [6.07, 6.45) is 5.07. The highest BCUT2D eigenvalue weighted by Gasteiger charge is 2.35. The van der Waals surface area contributed by atoms with Crippen LogP contribution in [0.3, 0.4) is 0 Å². The van der Waals surface area contributed by atoms with E-state index in [1.807, 2.05) is 30.3 Å². The number of benzene rings is 4. The van der Waals surface area contributed by atoms with Gasteiger partial charge in [0, 0.05) is 24.0 Å². The molecule has 0 spiro atoms. The van der Waals surface area contributed by atoms with Crippen molar-refractivity contribution < 1.29 is 22.4 Å². The highest BCUT2D eigenvalue weighted by atomic mass is 35.5. The molecule has 1 saturated carbocycles. The van der Waals surface area contributed by atoms with Crippen LogP contribution in [0, 0.1) is 12.7 Å². The second-order valence-corrected chi connectivity index (χ2v) is 14.2. The van der Waals surface area contributed by atoms with Crippen LogP contribution in [-0.2, 0) is 32.6 Å². The number of hydrogen-bond donors (Lipinski definition) is 1. The standard InChI is InChI=1S/C37H39ClFN3O4S/c1-27-10-8-9-15-34(27)42(47(45,46)33-22-18-30(38)19-23-33)26-36(43)41(25-29-16-20-31(39)21-17-29)35(24-28-11-4-2-5-12-28)37(44)40-32-13-6-3-7-14-32/h2,4-5,8-12,15-23,32,35H,3,6-7,13-14,24-26H2,1H3,(H,40,44). The number of para-hydroxylation sites is 1. The van der Waals surface area contributed by atoms with Gasteiger partial charge in [-0.2, -0.15) is 0 Å². The Morgan fingerprint density at radius 1 is 0.851 bits per heavy atom. The van der Waals surface area contributed by atoms with Crippen molar-refractivity contribution in [3.8, 4) is 0 Å². The van der Waals surface area contributed by atoms with Gasteiger partial charge in [-0.1, -0.05) is 91.5 Å². The van der Waals surface area contributed by atoms with Crippen LogP contribution in [-0.4, -0.2) is 43.8 Å². The first-order valence-corrected chi connectivity index (χ1v) is 17.7. The lowest BCUT2D eigenvalue weighted by atomic mass is 9.94. The largest absolute Gasteiger partial charge is 0.352 e. The lowest BCUT2D eigenvalue weighted by Gasteiger charge is -2.35. The van der Waals surface area contributed by atoms with Crippen molar-refractivity contribution in [2.24, 2.45) is 0 Å². The third kappa shape index (κ3) is 8.78. The third-order valence-electron chi connectivity index (χ3n) is 8.55. The number of carbonyl (C=O) groups is 2. The van der Waals surface area contributed by atoms with Gasteiger partial charge in [-0.25, -0.2) is 12.8 Å². The molecule has 47 heavy (non-hydrogen) atoms. The molecule has 4 aromatic rings. The first-order chi connectivity index (χ1) is 22.6. The smallest absolute Gasteiger partial charge is 0.264 e. The molecule has 0 aromatic heterocycles. The molecule has 0 bridgehead atoms. The van der Waals surface area contributed by atoms with Crippen molar-refractivity contribution in [1.29, 1.82) is 0 Å². The minimum Gasteiger partial charge on any atom is -0.352 e. The third-order valence-corrected chi connectivity index (χ3v) is 10.6. The van der Waals surface area contributed by atoms with Gasteiger partial charge >= 0.3 is 0 Å². The average Bonchev–Trinajstić information content (AvgIpc) is 3.07. The summed E-state index contributed by atoms with van der Waals surface area (Å²) < 4.78 is 43.4. The number of nitrogens with one attached hydrogen (secondary N) is 1. The molecule has 0 aliphatic heterocycles. The zero-order valence-electron chi connectivity index (χ0n) is 26.3. The number of anilines is 1. The summed E-state index contributed by atoms with van der Waals surface area (Å²) >= 11 is 6.07. The monoisotopic (exact) mass is 675 g/mol. The van der Waals surface area contributed by atoms with E-state index in [0.717, 1.165) is 42.0 Å². The topological polar surface area (TPSA) is 86.8 Å². The molecule has 1 fully saturated rings. The van der Waals surface area contributed by atoms with E-state index in [0.29, 0.717) is 21.8 Å². The highest BCUT2D eigenvalue weighted by molar-refractivity contribution is 7.92. The Morgan fingerprint density at radius 2 is 1.49 bits per heavy atom. The van der Waals surface area contributed by atoms with Gasteiger partial charge in [0.25, 0.3) is 10.0 Å². The number of carbonyl (C=O) groups excluding carboxylic acids is 2. The van der Waals surface area contributed by atoms with E-state index in [1.54, 1.807) is 43.3 Å². The van der Waals surface area contributed by atoms with Gasteiger partial charge in [-0.15, -0.1) is 0 Å². The Hall–Kier alpha value is -4.21. The quantitative estimate of drug-likeness (QED) is 0.174. The number of nitrogens with zero attached hydrogens (tertiary/aromatic N) is 2. The van der Waals surface area contributed by atoms with Gasteiger partial charge in [0.15, 0.2) is 0 Å². The van der Waals surface area contributed by atoms with Crippen molar-refractivity contribution in [1.82, 2.24) is 10.2 Å². The maximum atomic E-state index is 14.6. The number of aryl methyl sites for hydroxylation is 1. The summed E-state index contributed by atoms with van der Waals surface area (Å²) in [5.74, 6) is -1.31. The van der Waals surface area contributed by atoms with Gasteiger partial charge in [0.2, 0.25) is 11.8 Å². The molecule has 0 heterocycles. The van der Waals surface area contributed by atoms with Crippen LogP contribution < -0.4 is 9.62 Å². The van der Waals surface area contributed by atoms with Crippen LogP contribution in [0.4, 0.5) is 10.1 Å². The molecule has 4 aromatic carbocycles. The molecule has 5 rings (SSSR count).